The summed E-state index contributed by atoms with van der Waals surface area (Å²) in [6.07, 6.45) is -10.00. The SMILES string of the molecule is CCOc1ccc(C#Cc2ccc(C#Cc3ccc(C(F)(F)Oc4cc(F)c(C(F)(F)F)c(F)c4)c(F)c3)c(F)c2)c(F)c1. The van der Waals surface area contributed by atoms with Crippen LogP contribution in [0.5, 0.6) is 11.5 Å². The lowest BCUT2D eigenvalue weighted by molar-refractivity contribution is -0.187. The van der Waals surface area contributed by atoms with Crippen LogP contribution in [0, 0.1) is 52.8 Å². The first kappa shape index (κ1) is 31.8. The van der Waals surface area contributed by atoms with Crippen molar-refractivity contribution < 1.29 is 53.4 Å². The third kappa shape index (κ3) is 7.45. The summed E-state index contributed by atoms with van der Waals surface area (Å²) in [4.78, 5) is 0. The highest BCUT2D eigenvalue weighted by Crippen LogP contribution is 2.38. The normalized spacial score (nSPS) is 11.2. The lowest BCUT2D eigenvalue weighted by Crippen LogP contribution is -2.24. The van der Waals surface area contributed by atoms with Crippen molar-refractivity contribution in [2.75, 3.05) is 6.61 Å². The van der Waals surface area contributed by atoms with E-state index in [9.17, 15) is 43.9 Å². The number of rotatable bonds is 5. The highest BCUT2D eigenvalue weighted by atomic mass is 19.4. The van der Waals surface area contributed by atoms with Gasteiger partial charge in [-0.1, -0.05) is 23.7 Å². The number of ether oxygens (including phenoxy) is 2. The molecule has 44 heavy (non-hydrogen) atoms. The molecule has 0 aliphatic rings. The molecule has 0 radical (unpaired) electrons. The van der Waals surface area contributed by atoms with Gasteiger partial charge in [-0.2, -0.15) is 22.0 Å². The summed E-state index contributed by atoms with van der Waals surface area (Å²) < 4.78 is 147. The Balaban J connectivity index is 1.50. The largest absolute Gasteiger partial charge is 0.494 e. The topological polar surface area (TPSA) is 18.5 Å². The van der Waals surface area contributed by atoms with Gasteiger partial charge in [0.1, 0.15) is 51.7 Å². The Bertz CT molecular complexity index is 1820. The Morgan fingerprint density at radius 2 is 1.07 bits per heavy atom. The molecular weight excluding hydrogens is 606 g/mol. The van der Waals surface area contributed by atoms with Crippen LogP contribution in [-0.2, 0) is 12.3 Å². The molecule has 12 heteroatoms. The van der Waals surface area contributed by atoms with Gasteiger partial charge >= 0.3 is 12.3 Å². The van der Waals surface area contributed by atoms with Crippen molar-refractivity contribution >= 4 is 0 Å². The van der Waals surface area contributed by atoms with Gasteiger partial charge in [0.2, 0.25) is 0 Å². The predicted octanol–water partition coefficient (Wildman–Crippen LogP) is 8.73. The maximum Gasteiger partial charge on any atom is 0.429 e. The fourth-order valence-corrected chi connectivity index (χ4v) is 3.74. The maximum atomic E-state index is 14.6. The van der Waals surface area contributed by atoms with Crippen LogP contribution in [0.3, 0.4) is 0 Å². The van der Waals surface area contributed by atoms with E-state index in [0.717, 1.165) is 18.2 Å². The molecule has 4 aromatic carbocycles. The average Bonchev–Trinajstić information content (AvgIpc) is 2.90. The molecule has 226 valence electrons. The minimum absolute atomic E-state index is 0.0536. The molecule has 0 saturated carbocycles. The summed E-state index contributed by atoms with van der Waals surface area (Å²) in [6, 6.07) is 9.54. The smallest absolute Gasteiger partial charge is 0.429 e. The van der Waals surface area contributed by atoms with Gasteiger partial charge in [0, 0.05) is 29.3 Å². The minimum atomic E-state index is -5.44. The van der Waals surface area contributed by atoms with Crippen LogP contribution in [0.1, 0.15) is 40.3 Å². The van der Waals surface area contributed by atoms with Crippen molar-refractivity contribution in [3.8, 4) is 35.2 Å². The molecule has 4 aromatic rings. The van der Waals surface area contributed by atoms with Gasteiger partial charge in [-0.25, -0.2) is 22.0 Å². The van der Waals surface area contributed by atoms with Crippen molar-refractivity contribution in [3.63, 3.8) is 0 Å². The second kappa shape index (κ2) is 12.6. The number of benzene rings is 4. The van der Waals surface area contributed by atoms with Crippen LogP contribution in [0.4, 0.5) is 43.9 Å². The molecule has 2 nitrogen and oxygen atoms in total. The fraction of sp³-hybridized carbons (Fsp3) is 0.125. The second-order valence-electron chi connectivity index (χ2n) is 8.84. The Morgan fingerprint density at radius 3 is 1.57 bits per heavy atom. The first-order chi connectivity index (χ1) is 20.7. The van der Waals surface area contributed by atoms with Gasteiger partial charge in [0.25, 0.3) is 0 Å². The molecule has 0 bridgehead atoms. The number of hydrogen-bond donors (Lipinski definition) is 0. The fourth-order valence-electron chi connectivity index (χ4n) is 3.74. The monoisotopic (exact) mass is 622 g/mol. The summed E-state index contributed by atoms with van der Waals surface area (Å²) >= 11 is 0. The highest BCUT2D eigenvalue weighted by Gasteiger charge is 2.41. The summed E-state index contributed by atoms with van der Waals surface area (Å²) in [5.74, 6) is 1.53. The Kier molecular flexibility index (Phi) is 9.14. The van der Waals surface area contributed by atoms with Crippen molar-refractivity contribution in [1.29, 1.82) is 0 Å². The van der Waals surface area contributed by atoms with E-state index >= 15 is 0 Å². The van der Waals surface area contributed by atoms with Gasteiger partial charge in [-0.15, -0.1) is 0 Å². The Labute approximate surface area is 243 Å². The van der Waals surface area contributed by atoms with Gasteiger partial charge in [-0.3, -0.25) is 0 Å². The van der Waals surface area contributed by atoms with Gasteiger partial charge in [0.15, 0.2) is 0 Å². The van der Waals surface area contributed by atoms with Crippen LogP contribution >= 0.6 is 0 Å². The van der Waals surface area contributed by atoms with E-state index in [-0.39, 0.29) is 34.4 Å². The zero-order valence-corrected chi connectivity index (χ0v) is 22.2. The van der Waals surface area contributed by atoms with E-state index in [1.165, 1.54) is 24.3 Å². The number of hydrogen-bond acceptors (Lipinski definition) is 2. The minimum Gasteiger partial charge on any atom is -0.494 e. The van der Waals surface area contributed by atoms with Crippen LogP contribution in [-0.4, -0.2) is 6.61 Å². The van der Waals surface area contributed by atoms with E-state index in [1.807, 2.05) is 0 Å². The summed E-state index contributed by atoms with van der Waals surface area (Å²) in [6.45, 7) is 2.10. The second-order valence-corrected chi connectivity index (χ2v) is 8.84. The first-order valence-corrected chi connectivity index (χ1v) is 12.4. The van der Waals surface area contributed by atoms with E-state index in [1.54, 1.807) is 6.92 Å². The summed E-state index contributed by atoms with van der Waals surface area (Å²) in [5, 5.41) is 0. The van der Waals surface area contributed by atoms with E-state index in [2.05, 4.69) is 28.4 Å². The molecule has 0 aromatic heterocycles. The zero-order valence-electron chi connectivity index (χ0n) is 22.2. The molecule has 0 aliphatic carbocycles. The van der Waals surface area contributed by atoms with Crippen molar-refractivity contribution in [1.82, 2.24) is 0 Å². The molecule has 0 spiro atoms. The van der Waals surface area contributed by atoms with Crippen molar-refractivity contribution in [2.45, 2.75) is 19.2 Å². The summed E-state index contributed by atoms with van der Waals surface area (Å²) in [7, 11) is 0. The number of alkyl halides is 5. The Hall–Kier alpha value is -5.10. The third-order valence-corrected chi connectivity index (χ3v) is 5.73. The lowest BCUT2D eigenvalue weighted by Gasteiger charge is -2.20. The molecule has 0 N–H and O–H groups in total. The van der Waals surface area contributed by atoms with Crippen molar-refractivity contribution in [2.24, 2.45) is 0 Å². The van der Waals surface area contributed by atoms with Crippen LogP contribution in [0.2, 0.25) is 0 Å². The van der Waals surface area contributed by atoms with Crippen molar-refractivity contribution in [3.05, 3.63) is 129 Å². The lowest BCUT2D eigenvalue weighted by atomic mass is 10.1. The summed E-state index contributed by atoms with van der Waals surface area (Å²) in [5.41, 5.74) is -3.82. The van der Waals surface area contributed by atoms with Gasteiger partial charge in [0.05, 0.1) is 17.7 Å². The molecule has 0 heterocycles. The quantitative estimate of drug-likeness (QED) is 0.164. The molecule has 0 atom stereocenters. The van der Waals surface area contributed by atoms with E-state index < -0.39 is 58.2 Å². The zero-order chi connectivity index (χ0) is 32.2. The Morgan fingerprint density at radius 1 is 0.568 bits per heavy atom. The van der Waals surface area contributed by atoms with Crippen LogP contribution < -0.4 is 9.47 Å². The van der Waals surface area contributed by atoms with Gasteiger partial charge in [-0.05, 0) is 55.5 Å². The third-order valence-electron chi connectivity index (χ3n) is 5.73. The molecule has 4 rings (SSSR count). The predicted molar refractivity (Wildman–Crippen MR) is 138 cm³/mol. The first-order valence-electron chi connectivity index (χ1n) is 12.4. The molecule has 0 saturated heterocycles. The van der Waals surface area contributed by atoms with Crippen LogP contribution in [0.25, 0.3) is 0 Å². The number of halogens is 10. The highest BCUT2D eigenvalue weighted by molar-refractivity contribution is 5.50. The maximum absolute atomic E-state index is 14.6. The average molecular weight is 622 g/mol. The standard InChI is InChI=1S/C32H16F10O2/c1-2-43-22-11-10-21(26(34)15-22)9-4-18-3-7-20(25(33)13-18)8-5-19-6-12-24(27(35)14-19)32(41,42)44-23-16-28(36)30(29(37)17-23)31(38,39)40/h3,6-7,10-17H,2H2,1H3. The molecule has 0 amide bonds. The van der Waals surface area contributed by atoms with E-state index in [0.29, 0.717) is 24.5 Å². The molecule has 0 fully saturated rings. The molecule has 0 aliphatic heterocycles. The van der Waals surface area contributed by atoms with Crippen LogP contribution in [0.15, 0.2) is 66.7 Å². The van der Waals surface area contributed by atoms with E-state index in [4.69, 9.17) is 4.74 Å². The molecule has 0 unspecified atom stereocenters. The van der Waals surface area contributed by atoms with Gasteiger partial charge < -0.3 is 9.47 Å². The molecular formula is C32H16F10O2.